The van der Waals surface area contributed by atoms with Crippen molar-refractivity contribution in [2.75, 3.05) is 0 Å². The van der Waals surface area contributed by atoms with E-state index in [1.54, 1.807) is 0 Å². The molecule has 0 aromatic rings. The summed E-state index contributed by atoms with van der Waals surface area (Å²) in [6, 6.07) is 0. The zero-order valence-electron chi connectivity index (χ0n) is 4.04. The topological polar surface area (TPSA) is 73.8 Å². The molecular formula is K2O5. The molecule has 0 aromatic carbocycles. The minimum absolute atomic E-state index is 0. The summed E-state index contributed by atoms with van der Waals surface area (Å²) in [5.41, 5.74) is 0. The van der Waals surface area contributed by atoms with Gasteiger partial charge in [-0.05, 0) is 0 Å². The van der Waals surface area contributed by atoms with Crippen molar-refractivity contribution in [1.29, 1.82) is 0 Å². The molecule has 5 nitrogen and oxygen atoms in total. The van der Waals surface area contributed by atoms with Crippen molar-refractivity contribution in [2.45, 2.75) is 0 Å². The van der Waals surface area contributed by atoms with Crippen LogP contribution in [-0.2, 0) is 15.1 Å². The molecule has 0 atom stereocenters. The van der Waals surface area contributed by atoms with E-state index in [9.17, 15) is 0 Å². The summed E-state index contributed by atoms with van der Waals surface area (Å²) in [4.78, 5) is 0. The number of hydrogen-bond donors (Lipinski definition) is 0. The van der Waals surface area contributed by atoms with Crippen LogP contribution < -0.4 is 113 Å². The molecule has 7 heteroatoms. The molecule has 0 saturated heterocycles. The number of hydrogen-bond acceptors (Lipinski definition) is 5. The van der Waals surface area contributed by atoms with Gasteiger partial charge in [0.15, 0.2) is 0 Å². The van der Waals surface area contributed by atoms with Gasteiger partial charge in [-0.25, -0.2) is 0 Å². The Kier molecular flexibility index (Phi) is 38.0. The Morgan fingerprint density at radius 1 is 0.857 bits per heavy atom. The van der Waals surface area contributed by atoms with Crippen LogP contribution in [0.4, 0.5) is 0 Å². The van der Waals surface area contributed by atoms with Gasteiger partial charge in [0.05, 0.1) is 0 Å². The predicted octanol–water partition coefficient (Wildman–Crippen LogP) is -8.58. The van der Waals surface area contributed by atoms with E-state index >= 15 is 0 Å². The molecule has 0 spiro atoms. The maximum atomic E-state index is 8.48. The van der Waals surface area contributed by atoms with Gasteiger partial charge in [-0.2, -0.15) is 0 Å². The van der Waals surface area contributed by atoms with E-state index < -0.39 is 0 Å². The van der Waals surface area contributed by atoms with Crippen LogP contribution >= 0.6 is 0 Å². The number of rotatable bonds is 2. The summed E-state index contributed by atoms with van der Waals surface area (Å²) in [7, 11) is 0. The average Bonchev–Trinajstić information content (AvgIpc) is 1.41. The molecule has 0 unspecified atom stereocenters. The Balaban J connectivity index is -0.0000000800. The summed E-state index contributed by atoms with van der Waals surface area (Å²) >= 11 is 0. The first-order valence-electron chi connectivity index (χ1n) is 0.667. The molecule has 0 aliphatic rings. The third kappa shape index (κ3) is 17.6. The molecule has 0 aliphatic heterocycles. The first-order valence-corrected chi connectivity index (χ1v) is 0.667. The van der Waals surface area contributed by atoms with E-state index in [1.165, 1.54) is 0 Å². The summed E-state index contributed by atoms with van der Waals surface area (Å²) < 4.78 is 0. The second kappa shape index (κ2) is 16.0. The summed E-state index contributed by atoms with van der Waals surface area (Å²) in [5, 5.41) is 24.5. The minimum atomic E-state index is 0. The van der Waals surface area contributed by atoms with Crippen molar-refractivity contribution >= 4 is 0 Å². The fraction of sp³-hybridized carbons (Fsp3) is 0. The molecule has 32 valence electrons. The van der Waals surface area contributed by atoms with Gasteiger partial charge >= 0.3 is 103 Å². The summed E-state index contributed by atoms with van der Waals surface area (Å²) in [6.07, 6.45) is 0. The van der Waals surface area contributed by atoms with E-state index in [4.69, 9.17) is 10.5 Å². The van der Waals surface area contributed by atoms with Crippen LogP contribution in [0.25, 0.3) is 0 Å². The minimum Gasteiger partial charge on any atom is -0.690 e. The largest absolute Gasteiger partial charge is 1.00 e. The van der Waals surface area contributed by atoms with Gasteiger partial charge in [-0.1, -0.05) is 5.04 Å². The molecule has 0 bridgehead atoms. The Bertz CT molecular complexity index is 13.6. The molecular weight excluding hydrogens is 158 g/mol. The molecule has 0 aromatic heterocycles. The van der Waals surface area contributed by atoms with E-state index in [-0.39, 0.29) is 103 Å². The van der Waals surface area contributed by atoms with Gasteiger partial charge in [-0.15, -0.1) is 0 Å². The van der Waals surface area contributed by atoms with Crippen LogP contribution in [0.3, 0.4) is 0 Å². The molecule has 0 aliphatic carbocycles. The van der Waals surface area contributed by atoms with E-state index in [1.807, 2.05) is 0 Å². The van der Waals surface area contributed by atoms with Crippen molar-refractivity contribution < 1.29 is 128 Å². The van der Waals surface area contributed by atoms with Gasteiger partial charge in [-0.3, -0.25) is 10.1 Å². The molecule has 0 radical (unpaired) electrons. The molecule has 7 heavy (non-hydrogen) atoms. The van der Waals surface area contributed by atoms with Gasteiger partial charge in [0, 0.05) is 0 Å². The summed E-state index contributed by atoms with van der Waals surface area (Å²) in [5.74, 6) is 0. The molecule has 0 saturated carbocycles. The zero-order valence-corrected chi connectivity index (χ0v) is 10.3. The molecule has 0 rings (SSSR count). The smallest absolute Gasteiger partial charge is 0.690 e. The van der Waals surface area contributed by atoms with Crippen LogP contribution in [0.5, 0.6) is 0 Å². The van der Waals surface area contributed by atoms with Gasteiger partial charge in [0.2, 0.25) is 0 Å². The van der Waals surface area contributed by atoms with E-state index in [0.717, 1.165) is 0 Å². The molecule has 0 amide bonds. The second-order valence-corrected chi connectivity index (χ2v) is 0.204. The van der Waals surface area contributed by atoms with E-state index in [2.05, 4.69) is 15.1 Å². The van der Waals surface area contributed by atoms with Crippen LogP contribution in [-0.4, -0.2) is 0 Å². The normalized spacial score (nSPS) is 6.00. The Morgan fingerprint density at radius 3 is 1.14 bits per heavy atom. The Hall–Kier alpha value is 3.07. The van der Waals surface area contributed by atoms with Crippen molar-refractivity contribution in [3.63, 3.8) is 0 Å². The van der Waals surface area contributed by atoms with E-state index in [0.29, 0.717) is 0 Å². The maximum absolute atomic E-state index is 8.48. The Labute approximate surface area is 125 Å². The van der Waals surface area contributed by atoms with Crippen LogP contribution in [0.2, 0.25) is 0 Å². The first-order chi connectivity index (χ1) is 2.41. The fourth-order valence-electron chi connectivity index (χ4n) is 0.0113. The quantitative estimate of drug-likeness (QED) is 0.227. The third-order valence-corrected chi connectivity index (χ3v) is 0.0556. The zero-order chi connectivity index (χ0) is 4.12. The van der Waals surface area contributed by atoms with Crippen molar-refractivity contribution in [2.24, 2.45) is 0 Å². The summed E-state index contributed by atoms with van der Waals surface area (Å²) in [6.45, 7) is 0. The van der Waals surface area contributed by atoms with Gasteiger partial charge < -0.3 is 10.5 Å². The standard InChI is InChI=1S/2K.H2O5/c;;1-3-5-4-2/h;;1-2H/q2*+1;/p-2. The maximum Gasteiger partial charge on any atom is 1.00 e. The molecule has 0 N–H and O–H groups in total. The molecule has 0 heterocycles. The average molecular weight is 158 g/mol. The SMILES string of the molecule is [K+].[K+].[O-]OOO[O-]. The third-order valence-electron chi connectivity index (χ3n) is 0.0556. The predicted molar refractivity (Wildman–Crippen MR) is 3.25 cm³/mol. The van der Waals surface area contributed by atoms with Crippen molar-refractivity contribution in [3.8, 4) is 0 Å². The second-order valence-electron chi connectivity index (χ2n) is 0.204. The Morgan fingerprint density at radius 2 is 1.14 bits per heavy atom. The van der Waals surface area contributed by atoms with Crippen molar-refractivity contribution in [3.05, 3.63) is 0 Å². The van der Waals surface area contributed by atoms with Crippen molar-refractivity contribution in [1.82, 2.24) is 0 Å². The van der Waals surface area contributed by atoms with Crippen LogP contribution in [0.15, 0.2) is 0 Å². The first kappa shape index (κ1) is 16.6. The van der Waals surface area contributed by atoms with Gasteiger partial charge in [0.1, 0.15) is 0 Å². The fourth-order valence-corrected chi connectivity index (χ4v) is 0.0113. The van der Waals surface area contributed by atoms with Crippen LogP contribution in [0.1, 0.15) is 0 Å². The molecule has 0 fully saturated rings. The van der Waals surface area contributed by atoms with Crippen LogP contribution in [0, 0.1) is 0 Å². The monoisotopic (exact) mass is 158 g/mol. The van der Waals surface area contributed by atoms with Gasteiger partial charge in [0.25, 0.3) is 0 Å².